The predicted molar refractivity (Wildman–Crippen MR) is 110 cm³/mol. The van der Waals surface area contributed by atoms with Gasteiger partial charge in [0.2, 0.25) is 11.8 Å². The van der Waals surface area contributed by atoms with E-state index in [1.54, 1.807) is 0 Å². The maximum atomic E-state index is 12.1. The van der Waals surface area contributed by atoms with Crippen molar-refractivity contribution in [2.24, 2.45) is 0 Å². The van der Waals surface area contributed by atoms with Crippen LogP contribution >= 0.6 is 0 Å². The van der Waals surface area contributed by atoms with Gasteiger partial charge in [-0.1, -0.05) is 43.3 Å². The highest BCUT2D eigenvalue weighted by molar-refractivity contribution is 5.75. The van der Waals surface area contributed by atoms with Crippen LogP contribution in [0.4, 0.5) is 0 Å². The summed E-state index contributed by atoms with van der Waals surface area (Å²) >= 11 is 0. The third-order valence-electron chi connectivity index (χ3n) is 5.27. The monoisotopic (exact) mass is 400 g/mol. The summed E-state index contributed by atoms with van der Waals surface area (Å²) in [6.07, 6.45) is 3.33. The molecule has 1 amide bonds. The number of aryl methyl sites for hydroxylation is 1. The van der Waals surface area contributed by atoms with Gasteiger partial charge in [-0.25, -0.2) is 0 Å². The van der Waals surface area contributed by atoms with Gasteiger partial charge in [0.25, 0.3) is 0 Å². The second kappa shape index (κ2) is 10.5. The van der Waals surface area contributed by atoms with Crippen LogP contribution in [0.1, 0.15) is 68.3 Å². The Morgan fingerprint density at radius 1 is 1.24 bits per heavy atom. The van der Waals surface area contributed by atoms with Crippen molar-refractivity contribution in [2.75, 3.05) is 13.1 Å². The topological polar surface area (TPSA) is 91.5 Å². The van der Waals surface area contributed by atoms with Gasteiger partial charge in [-0.2, -0.15) is 4.98 Å². The number of hydrogen-bond donors (Lipinski definition) is 2. The summed E-state index contributed by atoms with van der Waals surface area (Å²) in [5.41, 5.74) is 2.35. The van der Waals surface area contributed by atoms with Crippen LogP contribution in [-0.4, -0.2) is 45.2 Å². The predicted octanol–water partition coefficient (Wildman–Crippen LogP) is 2.79. The normalized spacial score (nSPS) is 15.7. The zero-order valence-corrected chi connectivity index (χ0v) is 17.4. The summed E-state index contributed by atoms with van der Waals surface area (Å²) in [7, 11) is 0. The van der Waals surface area contributed by atoms with Gasteiger partial charge in [-0.3, -0.25) is 9.69 Å². The van der Waals surface area contributed by atoms with Crippen molar-refractivity contribution < 1.29 is 14.4 Å². The first-order chi connectivity index (χ1) is 14.0. The van der Waals surface area contributed by atoms with Gasteiger partial charge in [0.15, 0.2) is 5.82 Å². The van der Waals surface area contributed by atoms with Gasteiger partial charge in [0, 0.05) is 44.9 Å². The summed E-state index contributed by atoms with van der Waals surface area (Å²) in [6, 6.07) is 8.38. The van der Waals surface area contributed by atoms with E-state index >= 15 is 0 Å². The lowest BCUT2D eigenvalue weighted by Gasteiger charge is -2.29. The third kappa shape index (κ3) is 6.94. The standard InChI is InChI=1S/C22H32N4O3/c1-16(2)22-24-21(29-25-22)5-3-4-20(28)23-14-17-6-8-18(9-7-17)15-26-12-10-19(27)11-13-26/h6-9,16,19,27H,3-5,10-15H2,1-2H3,(H,23,28). The van der Waals surface area contributed by atoms with Crippen LogP contribution in [0.25, 0.3) is 0 Å². The molecule has 1 fully saturated rings. The van der Waals surface area contributed by atoms with E-state index in [0.29, 0.717) is 37.5 Å². The van der Waals surface area contributed by atoms with Gasteiger partial charge >= 0.3 is 0 Å². The first kappa shape index (κ1) is 21.5. The highest BCUT2D eigenvalue weighted by Gasteiger charge is 2.16. The molecule has 29 heavy (non-hydrogen) atoms. The molecule has 1 saturated heterocycles. The molecular weight excluding hydrogens is 368 g/mol. The third-order valence-corrected chi connectivity index (χ3v) is 5.27. The molecule has 0 saturated carbocycles. The Hall–Kier alpha value is -2.25. The van der Waals surface area contributed by atoms with Crippen molar-refractivity contribution in [1.82, 2.24) is 20.4 Å². The fourth-order valence-corrected chi connectivity index (χ4v) is 3.39. The van der Waals surface area contributed by atoms with Crippen LogP contribution in [0.2, 0.25) is 0 Å². The van der Waals surface area contributed by atoms with Gasteiger partial charge in [0.1, 0.15) is 0 Å². The van der Waals surface area contributed by atoms with E-state index in [9.17, 15) is 9.90 Å². The summed E-state index contributed by atoms with van der Waals surface area (Å²) in [5.74, 6) is 1.59. The number of aliphatic hydroxyl groups is 1. The lowest BCUT2D eigenvalue weighted by Crippen LogP contribution is -2.35. The molecule has 1 aromatic heterocycles. The molecule has 158 valence electrons. The molecule has 2 heterocycles. The largest absolute Gasteiger partial charge is 0.393 e. The zero-order valence-electron chi connectivity index (χ0n) is 17.4. The Morgan fingerprint density at radius 2 is 1.93 bits per heavy atom. The molecule has 7 nitrogen and oxygen atoms in total. The summed E-state index contributed by atoms with van der Waals surface area (Å²) < 4.78 is 5.20. The van der Waals surface area contributed by atoms with Gasteiger partial charge < -0.3 is 14.9 Å². The Balaban J connectivity index is 1.34. The molecule has 0 aliphatic carbocycles. The molecule has 1 aliphatic heterocycles. The van der Waals surface area contributed by atoms with Crippen molar-refractivity contribution in [1.29, 1.82) is 0 Å². The van der Waals surface area contributed by atoms with Crippen LogP contribution in [0.15, 0.2) is 28.8 Å². The number of carbonyl (C=O) groups excluding carboxylic acids is 1. The lowest BCUT2D eigenvalue weighted by atomic mass is 10.1. The quantitative estimate of drug-likeness (QED) is 0.673. The maximum absolute atomic E-state index is 12.1. The minimum absolute atomic E-state index is 0.0320. The van der Waals surface area contributed by atoms with Crippen LogP contribution in [0, 0.1) is 0 Å². The Bertz CT molecular complexity index is 765. The smallest absolute Gasteiger partial charge is 0.226 e. The average Bonchev–Trinajstić information content (AvgIpc) is 3.18. The van der Waals surface area contributed by atoms with Crippen LogP contribution in [-0.2, 0) is 24.3 Å². The van der Waals surface area contributed by atoms with Crippen molar-refractivity contribution in [3.63, 3.8) is 0 Å². The van der Waals surface area contributed by atoms with Crippen LogP contribution < -0.4 is 5.32 Å². The molecule has 3 rings (SSSR count). The van der Waals surface area contributed by atoms with Crippen LogP contribution in [0.5, 0.6) is 0 Å². The number of nitrogens with zero attached hydrogens (tertiary/aromatic N) is 3. The number of hydrogen-bond acceptors (Lipinski definition) is 6. The number of amides is 1. The zero-order chi connectivity index (χ0) is 20.6. The molecule has 0 spiro atoms. The Labute approximate surface area is 172 Å². The molecule has 2 N–H and O–H groups in total. The number of likely N-dealkylation sites (tertiary alicyclic amines) is 1. The van der Waals surface area contributed by atoms with E-state index < -0.39 is 0 Å². The Kier molecular flexibility index (Phi) is 7.77. The summed E-state index contributed by atoms with van der Waals surface area (Å²) in [5, 5.41) is 16.5. The molecule has 1 aliphatic rings. The number of nitrogens with one attached hydrogen (secondary N) is 1. The Morgan fingerprint density at radius 3 is 2.59 bits per heavy atom. The molecule has 0 unspecified atom stereocenters. The highest BCUT2D eigenvalue weighted by Crippen LogP contribution is 2.14. The van der Waals surface area contributed by atoms with Gasteiger partial charge in [-0.05, 0) is 30.4 Å². The number of benzene rings is 1. The van der Waals surface area contributed by atoms with E-state index in [-0.39, 0.29) is 17.9 Å². The maximum Gasteiger partial charge on any atom is 0.226 e. The van der Waals surface area contributed by atoms with Gasteiger partial charge in [0.05, 0.1) is 6.10 Å². The minimum Gasteiger partial charge on any atom is -0.393 e. The molecule has 1 aromatic carbocycles. The van der Waals surface area contributed by atoms with Gasteiger partial charge in [-0.15, -0.1) is 0 Å². The van der Waals surface area contributed by atoms with E-state index in [0.717, 1.165) is 38.0 Å². The summed E-state index contributed by atoms with van der Waals surface area (Å²) in [6.45, 7) is 7.38. The number of aliphatic hydroxyl groups excluding tert-OH is 1. The van der Waals surface area contributed by atoms with E-state index in [4.69, 9.17) is 4.52 Å². The molecule has 0 bridgehead atoms. The number of aromatic nitrogens is 2. The lowest BCUT2D eigenvalue weighted by molar-refractivity contribution is -0.121. The average molecular weight is 401 g/mol. The molecule has 0 radical (unpaired) electrons. The van der Waals surface area contributed by atoms with Crippen molar-refractivity contribution in [3.05, 3.63) is 47.1 Å². The molecular formula is C22H32N4O3. The second-order valence-electron chi connectivity index (χ2n) is 8.16. The molecule has 7 heteroatoms. The molecule has 0 atom stereocenters. The SMILES string of the molecule is CC(C)c1noc(CCCC(=O)NCc2ccc(CN3CCC(O)CC3)cc2)n1. The second-order valence-corrected chi connectivity index (χ2v) is 8.16. The van der Waals surface area contributed by atoms with E-state index in [2.05, 4.69) is 44.6 Å². The van der Waals surface area contributed by atoms with Crippen molar-refractivity contribution in [2.45, 2.75) is 71.1 Å². The van der Waals surface area contributed by atoms with E-state index in [1.807, 2.05) is 13.8 Å². The summed E-state index contributed by atoms with van der Waals surface area (Å²) in [4.78, 5) is 18.8. The van der Waals surface area contributed by atoms with Crippen LogP contribution in [0.3, 0.4) is 0 Å². The first-order valence-electron chi connectivity index (χ1n) is 10.6. The highest BCUT2D eigenvalue weighted by atomic mass is 16.5. The number of carbonyl (C=O) groups is 1. The fraction of sp³-hybridized carbons (Fsp3) is 0.591. The van der Waals surface area contributed by atoms with Crippen molar-refractivity contribution in [3.8, 4) is 0 Å². The van der Waals surface area contributed by atoms with E-state index in [1.165, 1.54) is 5.56 Å². The van der Waals surface area contributed by atoms with Crippen molar-refractivity contribution >= 4 is 5.91 Å². The first-order valence-corrected chi connectivity index (χ1v) is 10.6. The molecule has 2 aromatic rings. The minimum atomic E-state index is -0.137. The number of rotatable bonds is 9. The fourth-order valence-electron chi connectivity index (χ4n) is 3.39. The number of piperidine rings is 1.